The van der Waals surface area contributed by atoms with Gasteiger partial charge in [0, 0.05) is 18.7 Å². The SMILES string of the molecule is Cc1nc2cc(N3CC(C(=O)O)CC3=O)ccc2s1. The van der Waals surface area contributed by atoms with E-state index >= 15 is 0 Å². The van der Waals surface area contributed by atoms with E-state index in [0.29, 0.717) is 0 Å². The Morgan fingerprint density at radius 1 is 1.53 bits per heavy atom. The molecule has 19 heavy (non-hydrogen) atoms. The highest BCUT2D eigenvalue weighted by molar-refractivity contribution is 7.18. The zero-order valence-electron chi connectivity index (χ0n) is 10.3. The quantitative estimate of drug-likeness (QED) is 0.911. The van der Waals surface area contributed by atoms with E-state index in [9.17, 15) is 9.59 Å². The minimum atomic E-state index is -0.915. The third-order valence-electron chi connectivity index (χ3n) is 3.26. The molecule has 5 nitrogen and oxygen atoms in total. The van der Waals surface area contributed by atoms with Crippen LogP contribution >= 0.6 is 11.3 Å². The van der Waals surface area contributed by atoms with Crippen LogP contribution in [0.2, 0.25) is 0 Å². The molecule has 1 fully saturated rings. The van der Waals surface area contributed by atoms with E-state index in [1.54, 1.807) is 11.3 Å². The van der Waals surface area contributed by atoms with Crippen molar-refractivity contribution in [2.75, 3.05) is 11.4 Å². The monoisotopic (exact) mass is 276 g/mol. The summed E-state index contributed by atoms with van der Waals surface area (Å²) in [5, 5.41) is 9.96. The molecule has 1 aliphatic heterocycles. The number of thiazole rings is 1. The molecule has 1 aromatic heterocycles. The maximum atomic E-state index is 11.9. The number of hydrogen-bond acceptors (Lipinski definition) is 4. The van der Waals surface area contributed by atoms with Gasteiger partial charge in [0.25, 0.3) is 0 Å². The highest BCUT2D eigenvalue weighted by atomic mass is 32.1. The number of aliphatic carboxylic acids is 1. The Balaban J connectivity index is 1.95. The van der Waals surface area contributed by atoms with Gasteiger partial charge < -0.3 is 10.0 Å². The number of rotatable bonds is 2. The smallest absolute Gasteiger partial charge is 0.308 e. The van der Waals surface area contributed by atoms with Crippen molar-refractivity contribution in [3.63, 3.8) is 0 Å². The average molecular weight is 276 g/mol. The molecular formula is C13H12N2O3S. The minimum absolute atomic E-state index is 0.0729. The summed E-state index contributed by atoms with van der Waals surface area (Å²) in [5.41, 5.74) is 1.58. The molecule has 1 amide bonds. The maximum absolute atomic E-state index is 11.9. The number of anilines is 1. The van der Waals surface area contributed by atoms with Gasteiger partial charge in [-0.05, 0) is 25.1 Å². The van der Waals surface area contributed by atoms with E-state index in [4.69, 9.17) is 5.11 Å². The molecule has 0 bridgehead atoms. The van der Waals surface area contributed by atoms with Crippen molar-refractivity contribution in [2.45, 2.75) is 13.3 Å². The molecule has 1 N–H and O–H groups in total. The Morgan fingerprint density at radius 2 is 2.32 bits per heavy atom. The minimum Gasteiger partial charge on any atom is -0.481 e. The van der Waals surface area contributed by atoms with Crippen molar-refractivity contribution < 1.29 is 14.7 Å². The summed E-state index contributed by atoms with van der Waals surface area (Å²) in [6.07, 6.45) is 0.0729. The summed E-state index contributed by atoms with van der Waals surface area (Å²) in [5.74, 6) is -1.67. The summed E-state index contributed by atoms with van der Waals surface area (Å²) >= 11 is 1.60. The molecule has 1 unspecified atom stereocenters. The van der Waals surface area contributed by atoms with Crippen LogP contribution < -0.4 is 4.90 Å². The van der Waals surface area contributed by atoms with Crippen LogP contribution in [0.4, 0.5) is 5.69 Å². The van der Waals surface area contributed by atoms with Gasteiger partial charge in [0.05, 0.1) is 21.1 Å². The first-order chi connectivity index (χ1) is 9.04. The zero-order chi connectivity index (χ0) is 13.6. The number of carbonyl (C=O) groups excluding carboxylic acids is 1. The molecule has 6 heteroatoms. The number of carbonyl (C=O) groups is 2. The average Bonchev–Trinajstić information content (AvgIpc) is 2.90. The fourth-order valence-corrected chi connectivity index (χ4v) is 3.13. The fraction of sp³-hybridized carbons (Fsp3) is 0.308. The number of amides is 1. The van der Waals surface area contributed by atoms with Crippen molar-refractivity contribution in [1.29, 1.82) is 0 Å². The highest BCUT2D eigenvalue weighted by Crippen LogP contribution is 2.30. The zero-order valence-corrected chi connectivity index (χ0v) is 11.1. The second-order valence-electron chi connectivity index (χ2n) is 4.63. The molecule has 1 aliphatic rings. The van der Waals surface area contributed by atoms with Gasteiger partial charge in [-0.15, -0.1) is 11.3 Å². The maximum Gasteiger partial charge on any atom is 0.308 e. The van der Waals surface area contributed by atoms with E-state index < -0.39 is 11.9 Å². The molecule has 0 aliphatic carbocycles. The van der Waals surface area contributed by atoms with Crippen LogP contribution in [-0.2, 0) is 9.59 Å². The molecule has 0 spiro atoms. The van der Waals surface area contributed by atoms with Gasteiger partial charge in [0.15, 0.2) is 0 Å². The van der Waals surface area contributed by atoms with Crippen molar-refractivity contribution in [1.82, 2.24) is 4.98 Å². The Bertz CT molecular complexity index is 680. The molecule has 2 heterocycles. The number of benzene rings is 1. The van der Waals surface area contributed by atoms with Gasteiger partial charge in [0.2, 0.25) is 5.91 Å². The van der Waals surface area contributed by atoms with Gasteiger partial charge in [-0.2, -0.15) is 0 Å². The number of aryl methyl sites for hydroxylation is 1. The number of carboxylic acids is 1. The van der Waals surface area contributed by atoms with Crippen LogP contribution in [0.3, 0.4) is 0 Å². The Labute approximate surface area is 113 Å². The lowest BCUT2D eigenvalue weighted by Gasteiger charge is -2.15. The van der Waals surface area contributed by atoms with Gasteiger partial charge in [-0.1, -0.05) is 0 Å². The third-order valence-corrected chi connectivity index (χ3v) is 4.22. The third kappa shape index (κ3) is 2.08. The number of carboxylic acid groups (broad SMARTS) is 1. The number of nitrogens with zero attached hydrogens (tertiary/aromatic N) is 2. The number of hydrogen-bond donors (Lipinski definition) is 1. The summed E-state index contributed by atoms with van der Waals surface area (Å²) in [4.78, 5) is 28.7. The van der Waals surface area contributed by atoms with Crippen LogP contribution in [0.1, 0.15) is 11.4 Å². The first-order valence-corrected chi connectivity index (χ1v) is 6.76. The van der Waals surface area contributed by atoms with Crippen molar-refractivity contribution in [2.24, 2.45) is 5.92 Å². The second kappa shape index (κ2) is 4.31. The fourth-order valence-electron chi connectivity index (χ4n) is 2.32. The lowest BCUT2D eigenvalue weighted by Crippen LogP contribution is -2.25. The summed E-state index contributed by atoms with van der Waals surface area (Å²) in [7, 11) is 0. The standard InChI is InChI=1S/C13H12N2O3S/c1-7-14-10-5-9(2-3-11(10)19-7)15-6-8(13(17)18)4-12(15)16/h2-3,5,8H,4,6H2,1H3,(H,17,18). The molecule has 0 radical (unpaired) electrons. The molecule has 1 aromatic carbocycles. The molecule has 1 atom stereocenters. The van der Waals surface area contributed by atoms with Gasteiger partial charge in [-0.25, -0.2) is 4.98 Å². The first-order valence-electron chi connectivity index (χ1n) is 5.95. The first kappa shape index (κ1) is 12.1. The highest BCUT2D eigenvalue weighted by Gasteiger charge is 2.35. The van der Waals surface area contributed by atoms with Crippen molar-refractivity contribution in [3.8, 4) is 0 Å². The van der Waals surface area contributed by atoms with E-state index in [-0.39, 0.29) is 18.9 Å². The predicted molar refractivity (Wildman–Crippen MR) is 72.5 cm³/mol. The van der Waals surface area contributed by atoms with E-state index in [0.717, 1.165) is 20.9 Å². The summed E-state index contributed by atoms with van der Waals surface area (Å²) in [6.45, 7) is 2.18. The van der Waals surface area contributed by atoms with Gasteiger partial charge in [0.1, 0.15) is 0 Å². The second-order valence-corrected chi connectivity index (χ2v) is 5.86. The molecule has 2 aromatic rings. The van der Waals surface area contributed by atoms with E-state index in [2.05, 4.69) is 4.98 Å². The largest absolute Gasteiger partial charge is 0.481 e. The summed E-state index contributed by atoms with van der Waals surface area (Å²) in [6, 6.07) is 5.62. The molecular weight excluding hydrogens is 264 g/mol. The number of aromatic nitrogens is 1. The number of fused-ring (bicyclic) bond motifs is 1. The van der Waals surface area contributed by atoms with Gasteiger partial charge >= 0.3 is 5.97 Å². The Hall–Kier alpha value is -1.95. The lowest BCUT2D eigenvalue weighted by molar-refractivity contribution is -0.141. The van der Waals surface area contributed by atoms with Crippen LogP contribution in [0, 0.1) is 12.8 Å². The van der Waals surface area contributed by atoms with Crippen LogP contribution in [0.25, 0.3) is 10.2 Å². The molecule has 0 saturated carbocycles. The lowest BCUT2D eigenvalue weighted by atomic mass is 10.1. The van der Waals surface area contributed by atoms with Crippen LogP contribution in [0.15, 0.2) is 18.2 Å². The molecule has 3 rings (SSSR count). The van der Waals surface area contributed by atoms with Crippen molar-refractivity contribution >= 4 is 39.1 Å². The van der Waals surface area contributed by atoms with Crippen LogP contribution in [0.5, 0.6) is 0 Å². The Morgan fingerprint density at radius 3 is 3.00 bits per heavy atom. The van der Waals surface area contributed by atoms with E-state index in [1.807, 2.05) is 25.1 Å². The molecule has 1 saturated heterocycles. The Kier molecular flexibility index (Phi) is 2.74. The topological polar surface area (TPSA) is 70.5 Å². The predicted octanol–water partition coefficient (Wildman–Crippen LogP) is 2.04. The summed E-state index contributed by atoms with van der Waals surface area (Å²) < 4.78 is 1.07. The van der Waals surface area contributed by atoms with Crippen LogP contribution in [-0.4, -0.2) is 28.5 Å². The normalized spacial score (nSPS) is 19.3. The van der Waals surface area contributed by atoms with Gasteiger partial charge in [-0.3, -0.25) is 9.59 Å². The van der Waals surface area contributed by atoms with Crippen molar-refractivity contribution in [3.05, 3.63) is 23.2 Å². The van der Waals surface area contributed by atoms with E-state index in [1.165, 1.54) is 4.90 Å². The molecule has 98 valence electrons.